The Morgan fingerprint density at radius 3 is 1.98 bits per heavy atom. The number of hydrogen-bond acceptors (Lipinski definition) is 1. The fourth-order valence-electron chi connectivity index (χ4n) is 8.67. The summed E-state index contributed by atoms with van der Waals surface area (Å²) in [4.78, 5) is 2.62. The zero-order chi connectivity index (χ0) is 30.2. The standard InChI is InChI=1S/C43H46N2/c1-31-29-35(33-15-7-3-8-16-33)23-27-41(31)44(37-24-21-34(22-25-37)32-13-5-2-6-14-32)38-26-28-43-40(30-38)39-19-11-12-20-42(39)45(43)36-17-9-4-10-18-36/h4,9-12,17-33,41H,2-3,5-8,13-16H2,1H3. The molecule has 2 nitrogen and oxygen atoms in total. The lowest BCUT2D eigenvalue weighted by molar-refractivity contribution is 0.403. The second-order valence-electron chi connectivity index (χ2n) is 13.9. The van der Waals surface area contributed by atoms with Gasteiger partial charge >= 0.3 is 0 Å². The van der Waals surface area contributed by atoms with Gasteiger partial charge in [0.05, 0.1) is 17.1 Å². The van der Waals surface area contributed by atoms with Crippen LogP contribution in [0.3, 0.4) is 0 Å². The summed E-state index contributed by atoms with van der Waals surface area (Å²) in [6, 6.07) is 36.8. The summed E-state index contributed by atoms with van der Waals surface area (Å²) >= 11 is 0. The van der Waals surface area contributed by atoms with Gasteiger partial charge in [0.2, 0.25) is 0 Å². The molecular weight excluding hydrogens is 544 g/mol. The van der Waals surface area contributed by atoms with Crippen LogP contribution in [0, 0.1) is 11.8 Å². The van der Waals surface area contributed by atoms with Crippen LogP contribution in [-0.2, 0) is 0 Å². The van der Waals surface area contributed by atoms with Gasteiger partial charge in [0.25, 0.3) is 0 Å². The van der Waals surface area contributed by atoms with Crippen LogP contribution in [0.4, 0.5) is 11.4 Å². The van der Waals surface area contributed by atoms with Gasteiger partial charge in [-0.25, -0.2) is 0 Å². The zero-order valence-electron chi connectivity index (χ0n) is 26.7. The fraction of sp³-hybridized carbons (Fsp3) is 0.349. The molecule has 0 saturated heterocycles. The number of anilines is 2. The summed E-state index contributed by atoms with van der Waals surface area (Å²) in [6.45, 7) is 2.43. The average molecular weight is 591 g/mol. The molecule has 0 aliphatic heterocycles. The maximum atomic E-state index is 2.62. The monoisotopic (exact) mass is 590 g/mol. The summed E-state index contributed by atoms with van der Waals surface area (Å²) in [7, 11) is 0. The van der Waals surface area contributed by atoms with Gasteiger partial charge in [0.1, 0.15) is 0 Å². The minimum absolute atomic E-state index is 0.262. The predicted octanol–water partition coefficient (Wildman–Crippen LogP) is 12.1. The summed E-state index contributed by atoms with van der Waals surface area (Å²) in [5, 5.41) is 2.61. The van der Waals surface area contributed by atoms with E-state index in [0.717, 1.165) is 11.8 Å². The molecule has 5 aromatic rings. The van der Waals surface area contributed by atoms with Gasteiger partial charge in [-0.15, -0.1) is 0 Å². The molecule has 1 heterocycles. The minimum Gasteiger partial charge on any atom is -0.334 e. The van der Waals surface area contributed by atoms with Gasteiger partial charge in [-0.3, -0.25) is 0 Å². The van der Waals surface area contributed by atoms with Crippen LogP contribution in [-0.4, -0.2) is 10.6 Å². The number of para-hydroxylation sites is 2. The molecule has 228 valence electrons. The molecule has 3 aliphatic rings. The number of allylic oxidation sites excluding steroid dienone is 2. The lowest BCUT2D eigenvalue weighted by Crippen LogP contribution is -2.36. The van der Waals surface area contributed by atoms with E-state index in [2.05, 4.69) is 132 Å². The lowest BCUT2D eigenvalue weighted by Gasteiger charge is -2.38. The number of rotatable bonds is 6. The quantitative estimate of drug-likeness (QED) is 0.191. The molecule has 4 aromatic carbocycles. The van der Waals surface area contributed by atoms with Crippen molar-refractivity contribution in [3.05, 3.63) is 126 Å². The maximum Gasteiger partial charge on any atom is 0.0585 e. The second kappa shape index (κ2) is 12.4. The van der Waals surface area contributed by atoms with Crippen molar-refractivity contribution in [3.8, 4) is 5.69 Å². The second-order valence-corrected chi connectivity index (χ2v) is 13.9. The summed E-state index contributed by atoms with van der Waals surface area (Å²) < 4.78 is 2.42. The van der Waals surface area contributed by atoms with E-state index < -0.39 is 0 Å². The molecule has 0 N–H and O–H groups in total. The highest BCUT2D eigenvalue weighted by Crippen LogP contribution is 2.42. The Bertz CT molecular complexity index is 1830. The Morgan fingerprint density at radius 1 is 0.600 bits per heavy atom. The van der Waals surface area contributed by atoms with Crippen molar-refractivity contribution >= 4 is 33.2 Å². The Morgan fingerprint density at radius 2 is 1.24 bits per heavy atom. The molecule has 0 bridgehead atoms. The van der Waals surface area contributed by atoms with E-state index in [-0.39, 0.29) is 6.04 Å². The van der Waals surface area contributed by atoms with Crippen LogP contribution in [0.1, 0.15) is 82.6 Å². The van der Waals surface area contributed by atoms with Gasteiger partial charge in [0.15, 0.2) is 0 Å². The topological polar surface area (TPSA) is 8.17 Å². The number of fused-ring (bicyclic) bond motifs is 3. The fourth-order valence-corrected chi connectivity index (χ4v) is 8.67. The third kappa shape index (κ3) is 5.43. The molecule has 2 heteroatoms. The molecule has 0 spiro atoms. The van der Waals surface area contributed by atoms with E-state index in [1.807, 2.05) is 0 Å². The summed E-state index contributed by atoms with van der Waals surface area (Å²) in [6.07, 6.45) is 21.3. The molecule has 2 saturated carbocycles. The van der Waals surface area contributed by atoms with Gasteiger partial charge < -0.3 is 9.47 Å². The van der Waals surface area contributed by atoms with Crippen molar-refractivity contribution in [3.63, 3.8) is 0 Å². The molecule has 2 atom stereocenters. The molecule has 2 fully saturated rings. The number of aromatic nitrogens is 1. The molecule has 2 unspecified atom stereocenters. The Hall–Kier alpha value is -4.04. The molecule has 45 heavy (non-hydrogen) atoms. The van der Waals surface area contributed by atoms with Gasteiger partial charge in [0, 0.05) is 27.8 Å². The third-order valence-electron chi connectivity index (χ3n) is 11.1. The third-order valence-corrected chi connectivity index (χ3v) is 11.1. The maximum absolute atomic E-state index is 2.62. The molecule has 8 rings (SSSR count). The van der Waals surface area contributed by atoms with Crippen LogP contribution in [0.5, 0.6) is 0 Å². The average Bonchev–Trinajstić information content (AvgIpc) is 3.44. The highest BCUT2D eigenvalue weighted by molar-refractivity contribution is 6.10. The van der Waals surface area contributed by atoms with E-state index in [0.29, 0.717) is 5.92 Å². The van der Waals surface area contributed by atoms with Crippen LogP contribution >= 0.6 is 0 Å². The van der Waals surface area contributed by atoms with Gasteiger partial charge in [-0.2, -0.15) is 0 Å². The van der Waals surface area contributed by atoms with Crippen molar-refractivity contribution in [1.82, 2.24) is 4.57 Å². The van der Waals surface area contributed by atoms with Gasteiger partial charge in [-0.1, -0.05) is 112 Å². The molecule has 0 amide bonds. The molecule has 0 radical (unpaired) electrons. The highest BCUT2D eigenvalue weighted by Gasteiger charge is 2.29. The minimum atomic E-state index is 0.262. The van der Waals surface area contributed by atoms with Crippen LogP contribution < -0.4 is 4.90 Å². The summed E-state index contributed by atoms with van der Waals surface area (Å²) in [5.41, 5.74) is 9.36. The van der Waals surface area contributed by atoms with Crippen molar-refractivity contribution in [2.45, 2.75) is 83.1 Å². The normalized spacial score (nSPS) is 21.3. The first-order chi connectivity index (χ1) is 22.2. The van der Waals surface area contributed by atoms with Crippen molar-refractivity contribution < 1.29 is 0 Å². The first kappa shape index (κ1) is 28.4. The largest absolute Gasteiger partial charge is 0.334 e. The molecule has 1 aromatic heterocycles. The van der Waals surface area contributed by atoms with E-state index >= 15 is 0 Å². The zero-order valence-corrected chi connectivity index (χ0v) is 26.7. The molecule has 3 aliphatic carbocycles. The van der Waals surface area contributed by atoms with Gasteiger partial charge in [-0.05, 0) is 103 Å². The Balaban J connectivity index is 1.22. The SMILES string of the molecule is CC1C=C(C2CCCCC2)C=CC1N(c1ccc(C2CCCCC2)cc1)c1ccc2c(c1)c1ccccc1n2-c1ccccc1. The Labute approximate surface area is 269 Å². The Kier molecular flexibility index (Phi) is 7.83. The first-order valence-corrected chi connectivity index (χ1v) is 17.6. The van der Waals surface area contributed by atoms with E-state index in [1.54, 1.807) is 5.57 Å². The van der Waals surface area contributed by atoms with E-state index in [4.69, 9.17) is 0 Å². The van der Waals surface area contributed by atoms with Crippen molar-refractivity contribution in [2.75, 3.05) is 4.90 Å². The van der Waals surface area contributed by atoms with Crippen molar-refractivity contribution in [1.29, 1.82) is 0 Å². The van der Waals surface area contributed by atoms with Crippen molar-refractivity contribution in [2.24, 2.45) is 11.8 Å². The molecular formula is C43H46N2. The van der Waals surface area contributed by atoms with Crippen LogP contribution in [0.15, 0.2) is 121 Å². The highest BCUT2D eigenvalue weighted by atomic mass is 15.2. The number of hydrogen-bond donors (Lipinski definition) is 0. The van der Waals surface area contributed by atoms with E-state index in [9.17, 15) is 0 Å². The summed E-state index contributed by atoms with van der Waals surface area (Å²) in [5.74, 6) is 1.88. The van der Waals surface area contributed by atoms with Crippen LogP contribution in [0.25, 0.3) is 27.5 Å². The lowest BCUT2D eigenvalue weighted by atomic mass is 9.79. The number of benzene rings is 4. The first-order valence-electron chi connectivity index (χ1n) is 17.6. The number of nitrogens with zero attached hydrogens (tertiary/aromatic N) is 2. The van der Waals surface area contributed by atoms with E-state index in [1.165, 1.54) is 109 Å². The smallest absolute Gasteiger partial charge is 0.0585 e. The van der Waals surface area contributed by atoms with Crippen LogP contribution in [0.2, 0.25) is 0 Å². The predicted molar refractivity (Wildman–Crippen MR) is 192 cm³/mol.